The molecule has 2 N–H and O–H groups in total. The number of nitrogens with zero attached hydrogens (tertiary/aromatic N) is 3. The summed E-state index contributed by atoms with van der Waals surface area (Å²) in [6.45, 7) is 2.28. The minimum atomic E-state index is -0.152. The van der Waals surface area contributed by atoms with E-state index in [0.29, 0.717) is 25.3 Å². The molecule has 0 radical (unpaired) electrons. The van der Waals surface area contributed by atoms with Crippen molar-refractivity contribution in [3.05, 3.63) is 23.8 Å². The predicted octanol–water partition coefficient (Wildman–Crippen LogP) is 0.376. The fourth-order valence-electron chi connectivity index (χ4n) is 2.81. The third-order valence-electron chi connectivity index (χ3n) is 4.29. The monoisotopic (exact) mass is 331 g/mol. The number of nitrogens with one attached hydrogen (secondary N) is 2. The molecule has 2 heterocycles. The number of carbonyl (C=O) groups excluding carboxylic acids is 3. The molecule has 2 aliphatic heterocycles. The van der Waals surface area contributed by atoms with E-state index in [4.69, 9.17) is 0 Å². The van der Waals surface area contributed by atoms with Crippen LogP contribution in [0.3, 0.4) is 0 Å². The Kier molecular flexibility index (Phi) is 4.39. The summed E-state index contributed by atoms with van der Waals surface area (Å²) >= 11 is 0. The fraction of sp³-hybridized carbons (Fsp3) is 0.438. The van der Waals surface area contributed by atoms with Crippen LogP contribution in [-0.4, -0.2) is 72.8 Å². The molecule has 1 aromatic carbocycles. The standard InChI is InChI=1S/C16H21N5O3/c1-19-5-6-21(10-15(19)23)9-14(22)17-12-3-4-13-11(7-12)8-20(2)16(24)18-13/h3-4,7H,5-6,8-10H2,1-2H3,(H,17,22)(H,18,24). The average molecular weight is 331 g/mol. The van der Waals surface area contributed by atoms with Gasteiger partial charge in [0.05, 0.1) is 13.1 Å². The summed E-state index contributed by atoms with van der Waals surface area (Å²) in [5.41, 5.74) is 2.40. The van der Waals surface area contributed by atoms with Crippen LogP contribution in [0.4, 0.5) is 16.2 Å². The van der Waals surface area contributed by atoms with Gasteiger partial charge >= 0.3 is 6.03 Å². The molecule has 24 heavy (non-hydrogen) atoms. The number of likely N-dealkylation sites (N-methyl/N-ethyl adjacent to an activating group) is 1. The summed E-state index contributed by atoms with van der Waals surface area (Å²) in [6.07, 6.45) is 0. The second kappa shape index (κ2) is 6.48. The van der Waals surface area contributed by atoms with Gasteiger partial charge in [-0.2, -0.15) is 0 Å². The van der Waals surface area contributed by atoms with Crippen LogP contribution >= 0.6 is 0 Å². The van der Waals surface area contributed by atoms with Gasteiger partial charge in [-0.25, -0.2) is 4.79 Å². The first kappa shape index (κ1) is 16.3. The Bertz CT molecular complexity index is 690. The van der Waals surface area contributed by atoms with E-state index in [0.717, 1.165) is 11.3 Å². The van der Waals surface area contributed by atoms with Gasteiger partial charge < -0.3 is 20.4 Å². The minimum absolute atomic E-state index is 0.0293. The molecule has 1 saturated heterocycles. The van der Waals surface area contributed by atoms with Crippen molar-refractivity contribution in [2.75, 3.05) is 50.9 Å². The molecule has 0 aliphatic carbocycles. The molecule has 8 nitrogen and oxygen atoms in total. The molecule has 2 aliphatic rings. The quantitative estimate of drug-likeness (QED) is 0.838. The Balaban J connectivity index is 1.60. The number of piperazine rings is 1. The Morgan fingerprint density at radius 1 is 1.17 bits per heavy atom. The Hall–Kier alpha value is -2.61. The van der Waals surface area contributed by atoms with Crippen LogP contribution in [0, 0.1) is 0 Å². The molecule has 0 spiro atoms. The number of amides is 4. The van der Waals surface area contributed by atoms with Crippen molar-refractivity contribution in [3.8, 4) is 0 Å². The van der Waals surface area contributed by atoms with Crippen molar-refractivity contribution in [1.82, 2.24) is 14.7 Å². The van der Waals surface area contributed by atoms with E-state index in [1.807, 2.05) is 11.0 Å². The minimum Gasteiger partial charge on any atom is -0.343 e. The van der Waals surface area contributed by atoms with Crippen LogP contribution in [0.1, 0.15) is 5.56 Å². The maximum atomic E-state index is 12.2. The lowest BCUT2D eigenvalue weighted by atomic mass is 10.1. The molecule has 4 amide bonds. The normalized spacial score (nSPS) is 18.2. The average Bonchev–Trinajstić information content (AvgIpc) is 2.52. The lowest BCUT2D eigenvalue weighted by Crippen LogP contribution is -2.50. The highest BCUT2D eigenvalue weighted by Crippen LogP contribution is 2.25. The van der Waals surface area contributed by atoms with Gasteiger partial charge in [0.15, 0.2) is 0 Å². The molecule has 0 aromatic heterocycles. The third-order valence-corrected chi connectivity index (χ3v) is 4.29. The summed E-state index contributed by atoms with van der Waals surface area (Å²) in [7, 11) is 3.48. The van der Waals surface area contributed by atoms with Crippen LogP contribution in [0.5, 0.6) is 0 Å². The molecule has 0 unspecified atom stereocenters. The molecular weight excluding hydrogens is 310 g/mol. The van der Waals surface area contributed by atoms with Crippen molar-refractivity contribution < 1.29 is 14.4 Å². The highest BCUT2D eigenvalue weighted by Gasteiger charge is 2.23. The second-order valence-electron chi connectivity index (χ2n) is 6.23. The largest absolute Gasteiger partial charge is 0.343 e. The van der Waals surface area contributed by atoms with E-state index in [9.17, 15) is 14.4 Å². The summed E-state index contributed by atoms with van der Waals surface area (Å²) in [5.74, 6) is -0.123. The molecule has 1 fully saturated rings. The number of anilines is 2. The van der Waals surface area contributed by atoms with Gasteiger partial charge in [-0.15, -0.1) is 0 Å². The van der Waals surface area contributed by atoms with E-state index in [-0.39, 0.29) is 30.9 Å². The van der Waals surface area contributed by atoms with Crippen LogP contribution in [0.15, 0.2) is 18.2 Å². The van der Waals surface area contributed by atoms with Crippen LogP contribution in [0.25, 0.3) is 0 Å². The molecule has 8 heteroatoms. The van der Waals surface area contributed by atoms with Gasteiger partial charge in [-0.3, -0.25) is 14.5 Å². The number of urea groups is 1. The van der Waals surface area contributed by atoms with Crippen molar-refractivity contribution in [3.63, 3.8) is 0 Å². The van der Waals surface area contributed by atoms with E-state index in [1.54, 1.807) is 36.0 Å². The molecule has 0 saturated carbocycles. The zero-order valence-electron chi connectivity index (χ0n) is 13.8. The van der Waals surface area contributed by atoms with Crippen LogP contribution < -0.4 is 10.6 Å². The first-order valence-electron chi connectivity index (χ1n) is 7.83. The first-order valence-corrected chi connectivity index (χ1v) is 7.83. The fourth-order valence-corrected chi connectivity index (χ4v) is 2.81. The Labute approximate surface area is 140 Å². The number of hydrogen-bond acceptors (Lipinski definition) is 4. The molecule has 0 atom stereocenters. The third kappa shape index (κ3) is 3.48. The van der Waals surface area contributed by atoms with Gasteiger partial charge in [0.1, 0.15) is 0 Å². The van der Waals surface area contributed by atoms with Crippen molar-refractivity contribution in [2.45, 2.75) is 6.54 Å². The number of fused-ring (bicyclic) bond motifs is 1. The molecule has 1 aromatic rings. The molecule has 128 valence electrons. The number of hydrogen-bond donors (Lipinski definition) is 2. The van der Waals surface area contributed by atoms with Crippen molar-refractivity contribution in [2.24, 2.45) is 0 Å². The van der Waals surface area contributed by atoms with Crippen molar-refractivity contribution >= 4 is 29.2 Å². The van der Waals surface area contributed by atoms with E-state index < -0.39 is 0 Å². The highest BCUT2D eigenvalue weighted by molar-refractivity contribution is 5.95. The summed E-state index contributed by atoms with van der Waals surface area (Å²) in [4.78, 5) is 40.6. The lowest BCUT2D eigenvalue weighted by molar-refractivity contribution is -0.135. The first-order chi connectivity index (χ1) is 11.4. The molecule has 3 rings (SSSR count). The second-order valence-corrected chi connectivity index (χ2v) is 6.23. The van der Waals surface area contributed by atoms with Crippen LogP contribution in [-0.2, 0) is 16.1 Å². The zero-order valence-corrected chi connectivity index (χ0v) is 13.8. The Morgan fingerprint density at radius 2 is 1.96 bits per heavy atom. The van der Waals surface area contributed by atoms with Gasteiger partial charge in [-0.1, -0.05) is 0 Å². The van der Waals surface area contributed by atoms with Gasteiger partial charge in [0.2, 0.25) is 11.8 Å². The van der Waals surface area contributed by atoms with Gasteiger partial charge in [0, 0.05) is 45.1 Å². The summed E-state index contributed by atoms with van der Waals surface area (Å²) < 4.78 is 0. The van der Waals surface area contributed by atoms with Gasteiger partial charge in [0.25, 0.3) is 0 Å². The summed E-state index contributed by atoms with van der Waals surface area (Å²) in [5, 5.41) is 5.64. The van der Waals surface area contributed by atoms with E-state index in [1.165, 1.54) is 0 Å². The smallest absolute Gasteiger partial charge is 0.321 e. The maximum Gasteiger partial charge on any atom is 0.321 e. The maximum absolute atomic E-state index is 12.2. The number of carbonyl (C=O) groups is 3. The van der Waals surface area contributed by atoms with E-state index in [2.05, 4.69) is 10.6 Å². The number of benzene rings is 1. The highest BCUT2D eigenvalue weighted by atomic mass is 16.2. The SMILES string of the molecule is CN1CCN(CC(=O)Nc2ccc3c(c2)CN(C)C(=O)N3)CC1=O. The predicted molar refractivity (Wildman–Crippen MR) is 89.6 cm³/mol. The molecular formula is C16H21N5O3. The van der Waals surface area contributed by atoms with Crippen LogP contribution in [0.2, 0.25) is 0 Å². The van der Waals surface area contributed by atoms with Gasteiger partial charge in [-0.05, 0) is 23.8 Å². The van der Waals surface area contributed by atoms with Crippen molar-refractivity contribution in [1.29, 1.82) is 0 Å². The number of rotatable bonds is 3. The summed E-state index contributed by atoms with van der Waals surface area (Å²) in [6, 6.07) is 5.27. The zero-order chi connectivity index (χ0) is 17.3. The Morgan fingerprint density at radius 3 is 2.71 bits per heavy atom. The lowest BCUT2D eigenvalue weighted by Gasteiger charge is -2.31. The topological polar surface area (TPSA) is 85.0 Å². The van der Waals surface area contributed by atoms with E-state index >= 15 is 0 Å². The molecule has 0 bridgehead atoms.